The van der Waals surface area contributed by atoms with Crippen LogP contribution in [0.25, 0.3) is 6.08 Å². The third-order valence-corrected chi connectivity index (χ3v) is 9.19. The quantitative estimate of drug-likeness (QED) is 0.401. The predicted molar refractivity (Wildman–Crippen MR) is 124 cm³/mol. The molecule has 2 aliphatic rings. The van der Waals surface area contributed by atoms with Crippen LogP contribution in [0.15, 0.2) is 34.2 Å². The van der Waals surface area contributed by atoms with Crippen molar-refractivity contribution in [1.82, 2.24) is 14.9 Å². The number of benzene rings is 1. The number of nitrogens with one attached hydrogen (secondary N) is 1. The summed E-state index contributed by atoms with van der Waals surface area (Å²) in [6, 6.07) is 9.86. The molecule has 4 nitrogen and oxygen atoms in total. The van der Waals surface area contributed by atoms with Crippen LogP contribution in [0.4, 0.5) is 5.82 Å². The number of anilines is 1. The van der Waals surface area contributed by atoms with Crippen LogP contribution in [-0.2, 0) is 0 Å². The molecule has 0 spiro atoms. The molecule has 1 fully saturated rings. The molecule has 4 rings (SSSR count). The number of rotatable bonds is 6. The standard InChI is InChI=1S/C23H29I2N4/c1-15(2)11-19-13-21-22(25-19)26-14-27-23(21)28-20-7-9-29(10-8-20)16(3)17-5-4-6-18(24)12-17/h4-6,12-16,20H,7-11H2,1-3H3,(H,26,27,28)/q-1. The predicted octanol–water partition coefficient (Wildman–Crippen LogP) is 2.38. The topological polar surface area (TPSA) is 41.0 Å². The zero-order valence-corrected chi connectivity index (χ0v) is 21.6. The van der Waals surface area contributed by atoms with Gasteiger partial charge in [0.05, 0.1) is 0 Å². The fraction of sp³-hybridized carbons (Fsp3) is 0.478. The fourth-order valence-electron chi connectivity index (χ4n) is 4.08. The molecule has 1 atom stereocenters. The van der Waals surface area contributed by atoms with Gasteiger partial charge in [-0.05, 0) is 28.7 Å². The van der Waals surface area contributed by atoms with Gasteiger partial charge in [-0.3, -0.25) is 0 Å². The molecule has 0 saturated carbocycles. The molecular weight excluding hydrogens is 586 g/mol. The van der Waals surface area contributed by atoms with E-state index in [2.05, 4.69) is 93.9 Å². The molecule has 0 bridgehead atoms. The molecule has 156 valence electrons. The average molecular weight is 615 g/mol. The van der Waals surface area contributed by atoms with Crippen molar-refractivity contribution in [2.24, 2.45) is 5.92 Å². The van der Waals surface area contributed by atoms with E-state index in [0.717, 1.165) is 31.7 Å². The average Bonchev–Trinajstić information content (AvgIpc) is 3.11. The third-order valence-electron chi connectivity index (χ3n) is 5.70. The summed E-state index contributed by atoms with van der Waals surface area (Å²) in [5.41, 5.74) is 2.69. The van der Waals surface area contributed by atoms with E-state index in [-0.39, 0.29) is 21.2 Å². The Bertz CT molecular complexity index is 888. The van der Waals surface area contributed by atoms with Gasteiger partial charge in [-0.1, -0.05) is 0 Å². The molecule has 0 radical (unpaired) electrons. The van der Waals surface area contributed by atoms with E-state index in [1.807, 2.05) is 0 Å². The summed E-state index contributed by atoms with van der Waals surface area (Å²) in [5, 5.41) is 3.76. The first-order valence-electron chi connectivity index (χ1n) is 10.5. The van der Waals surface area contributed by atoms with Crippen molar-refractivity contribution >= 4 is 34.5 Å². The van der Waals surface area contributed by atoms with Gasteiger partial charge < -0.3 is 0 Å². The second-order valence-corrected chi connectivity index (χ2v) is 12.6. The van der Waals surface area contributed by atoms with E-state index >= 15 is 0 Å². The Balaban J connectivity index is 1.37. The summed E-state index contributed by atoms with van der Waals surface area (Å²) in [6.07, 6.45) is 7.63. The van der Waals surface area contributed by atoms with Crippen LogP contribution in [-0.4, -0.2) is 34.0 Å². The zero-order chi connectivity index (χ0) is 20.4. The van der Waals surface area contributed by atoms with Crippen molar-refractivity contribution in [1.29, 1.82) is 0 Å². The number of halogens is 2. The molecule has 1 unspecified atom stereocenters. The number of hydrogen-bond donors (Lipinski definition) is 1. The van der Waals surface area contributed by atoms with Gasteiger partial charge in [0.1, 0.15) is 0 Å². The van der Waals surface area contributed by atoms with Gasteiger partial charge in [-0.15, -0.1) is 0 Å². The van der Waals surface area contributed by atoms with E-state index < -0.39 is 0 Å². The Kier molecular flexibility index (Phi) is 7.11. The molecule has 2 aliphatic heterocycles. The molecule has 1 N–H and O–H groups in total. The Hall–Kier alpha value is -0.740. The van der Waals surface area contributed by atoms with Gasteiger partial charge >= 0.3 is 171 Å². The number of fused-ring (bicyclic) bond motifs is 1. The molecule has 6 heteroatoms. The maximum atomic E-state index is 4.61. The minimum absolute atomic E-state index is 0.103. The minimum atomic E-state index is -0.103. The van der Waals surface area contributed by atoms with Crippen molar-refractivity contribution in [3.8, 4) is 0 Å². The molecule has 29 heavy (non-hydrogen) atoms. The summed E-state index contributed by atoms with van der Waals surface area (Å²) >= 11 is 2.30. The number of allylic oxidation sites excluding steroid dienone is 1. The number of hydrogen-bond acceptors (Lipinski definition) is 4. The second-order valence-electron chi connectivity index (χ2n) is 8.40. The molecule has 3 heterocycles. The maximum absolute atomic E-state index is 4.61. The van der Waals surface area contributed by atoms with Gasteiger partial charge in [0.2, 0.25) is 0 Å². The normalized spacial score (nSPS) is 18.9. The molecule has 0 aliphatic carbocycles. The zero-order valence-electron chi connectivity index (χ0n) is 17.3. The van der Waals surface area contributed by atoms with Crippen LogP contribution in [0.5, 0.6) is 0 Å². The summed E-state index contributed by atoms with van der Waals surface area (Å²) in [5.74, 6) is 1.76. The van der Waals surface area contributed by atoms with Gasteiger partial charge in [0.15, 0.2) is 0 Å². The molecule has 2 aromatic rings. The Morgan fingerprint density at radius 3 is 2.72 bits per heavy atom. The molecule has 1 aromatic heterocycles. The van der Waals surface area contributed by atoms with Crippen LogP contribution < -0.4 is 26.5 Å². The van der Waals surface area contributed by atoms with E-state index in [9.17, 15) is 0 Å². The van der Waals surface area contributed by atoms with Crippen molar-refractivity contribution < 1.29 is 21.2 Å². The van der Waals surface area contributed by atoms with Crippen molar-refractivity contribution in [2.45, 2.75) is 52.1 Å². The second kappa shape index (κ2) is 9.60. The van der Waals surface area contributed by atoms with Crippen LogP contribution in [0, 0.1) is 13.2 Å². The number of piperidine rings is 1. The summed E-state index contributed by atoms with van der Waals surface area (Å²) in [4.78, 5) is 11.8. The van der Waals surface area contributed by atoms with Gasteiger partial charge in [-0.2, -0.15) is 0 Å². The number of aromatic nitrogens is 2. The van der Waals surface area contributed by atoms with Crippen molar-refractivity contribution in [3.05, 3.63) is 52.6 Å². The Morgan fingerprint density at radius 2 is 2.00 bits per heavy atom. The first-order valence-corrected chi connectivity index (χ1v) is 13.7. The summed E-state index contributed by atoms with van der Waals surface area (Å²) < 4.78 is 4.20. The number of nitrogens with zero attached hydrogens (tertiary/aromatic N) is 3. The number of likely N-dealkylation sites (tertiary alicyclic amines) is 1. The molecule has 0 amide bonds. The van der Waals surface area contributed by atoms with Crippen molar-refractivity contribution in [3.63, 3.8) is 0 Å². The molecule has 1 aromatic carbocycles. The Morgan fingerprint density at radius 1 is 1.21 bits per heavy atom. The van der Waals surface area contributed by atoms with Crippen LogP contribution in [0.3, 0.4) is 0 Å². The van der Waals surface area contributed by atoms with Gasteiger partial charge in [0, 0.05) is 0 Å². The fourth-order valence-corrected chi connectivity index (χ4v) is 7.84. The van der Waals surface area contributed by atoms with Crippen LogP contribution >= 0.6 is 22.6 Å². The SMILES string of the molecule is CC(C)CC1=Cc2c(NC3CCN(C(C)c4cccc(I)c4)CC3)ncnc2[I-]1. The Labute approximate surface area is 198 Å². The first-order chi connectivity index (χ1) is 14.0. The van der Waals surface area contributed by atoms with Crippen LogP contribution in [0.2, 0.25) is 0 Å². The van der Waals surface area contributed by atoms with Crippen LogP contribution in [0.1, 0.15) is 57.2 Å². The molecule has 1 saturated heterocycles. The van der Waals surface area contributed by atoms with E-state index in [4.69, 9.17) is 0 Å². The van der Waals surface area contributed by atoms with Gasteiger partial charge in [-0.25, -0.2) is 0 Å². The summed E-state index contributed by atoms with van der Waals surface area (Å²) in [7, 11) is 0. The summed E-state index contributed by atoms with van der Waals surface area (Å²) in [6.45, 7) is 9.17. The monoisotopic (exact) mass is 615 g/mol. The van der Waals surface area contributed by atoms with E-state index in [0.29, 0.717) is 18.0 Å². The molecular formula is C23H29I2N4-. The third kappa shape index (κ3) is 5.31. The first kappa shape index (κ1) is 21.5. The van der Waals surface area contributed by atoms with E-state index in [1.165, 1.54) is 24.8 Å². The van der Waals surface area contributed by atoms with Gasteiger partial charge in [0.25, 0.3) is 0 Å². The van der Waals surface area contributed by atoms with Crippen molar-refractivity contribution in [2.75, 3.05) is 18.4 Å². The van der Waals surface area contributed by atoms with E-state index in [1.54, 1.807) is 9.91 Å².